The van der Waals surface area contributed by atoms with Crippen molar-refractivity contribution in [3.8, 4) is 6.07 Å². The predicted molar refractivity (Wildman–Crippen MR) is 64.1 cm³/mol. The first-order valence-corrected chi connectivity index (χ1v) is 7.22. The predicted octanol–water partition coefficient (Wildman–Crippen LogP) is 2.18. The Balaban J connectivity index is 2.50. The van der Waals surface area contributed by atoms with Crippen molar-refractivity contribution in [3.05, 3.63) is 46.9 Å². The first-order chi connectivity index (χ1) is 8.16. The Morgan fingerprint density at radius 1 is 1.29 bits per heavy atom. The van der Waals surface area contributed by atoms with Gasteiger partial charge in [0.25, 0.3) is 0 Å². The fourth-order valence-corrected chi connectivity index (χ4v) is 3.45. The molecule has 1 heterocycles. The quantitative estimate of drug-likeness (QED) is 0.852. The van der Waals surface area contributed by atoms with Gasteiger partial charge in [0.1, 0.15) is 0 Å². The van der Waals surface area contributed by atoms with Gasteiger partial charge in [0.15, 0.2) is 15.1 Å². The summed E-state index contributed by atoms with van der Waals surface area (Å²) in [5, 5.41) is 9.37. The second-order valence-corrected chi connectivity index (χ2v) is 6.03. The van der Waals surface area contributed by atoms with Gasteiger partial charge in [0, 0.05) is 5.38 Å². The summed E-state index contributed by atoms with van der Waals surface area (Å²) in [5.41, 5.74) is 1.79. The van der Waals surface area contributed by atoms with E-state index in [1.165, 1.54) is 29.0 Å². The summed E-state index contributed by atoms with van der Waals surface area (Å²) in [7, 11) is -3.69. The number of nitriles is 1. The van der Waals surface area contributed by atoms with Gasteiger partial charge < -0.3 is 0 Å². The molecule has 0 bridgehead atoms. The molecule has 0 aliphatic carbocycles. The molecule has 0 aliphatic heterocycles. The Hall–Kier alpha value is -1.71. The van der Waals surface area contributed by atoms with Gasteiger partial charge in [-0.15, -0.1) is 11.3 Å². The molecule has 4 nitrogen and oxygen atoms in total. The standard InChI is InChI=1S/C11H8N2O2S2/c12-6-11(10-7-16-8-13-10)17(14,15)9-4-2-1-3-5-9/h1-5,7-8,11H. The summed E-state index contributed by atoms with van der Waals surface area (Å²) in [4.78, 5) is 4.03. The molecule has 0 aliphatic rings. The lowest BCUT2D eigenvalue weighted by molar-refractivity contribution is 0.590. The number of hydrogen-bond acceptors (Lipinski definition) is 5. The minimum absolute atomic E-state index is 0.138. The molecular weight excluding hydrogens is 256 g/mol. The average Bonchev–Trinajstić information content (AvgIpc) is 2.84. The zero-order chi connectivity index (χ0) is 12.3. The van der Waals surface area contributed by atoms with Crippen LogP contribution in [0.25, 0.3) is 0 Å². The lowest BCUT2D eigenvalue weighted by atomic mass is 10.4. The van der Waals surface area contributed by atoms with E-state index in [1.54, 1.807) is 29.6 Å². The van der Waals surface area contributed by atoms with Gasteiger partial charge in [-0.25, -0.2) is 13.4 Å². The van der Waals surface area contributed by atoms with Crippen LogP contribution in [-0.4, -0.2) is 13.4 Å². The molecule has 1 atom stereocenters. The first-order valence-electron chi connectivity index (χ1n) is 4.73. The van der Waals surface area contributed by atoms with Crippen molar-refractivity contribution in [3.63, 3.8) is 0 Å². The van der Waals surface area contributed by atoms with E-state index in [0.29, 0.717) is 0 Å². The van der Waals surface area contributed by atoms with E-state index < -0.39 is 15.1 Å². The number of thiazole rings is 1. The summed E-state index contributed by atoms with van der Waals surface area (Å²) < 4.78 is 24.4. The number of nitrogens with zero attached hydrogens (tertiary/aromatic N) is 2. The lowest BCUT2D eigenvalue weighted by Crippen LogP contribution is -2.12. The van der Waals surface area contributed by atoms with Crippen molar-refractivity contribution in [1.82, 2.24) is 4.98 Å². The molecule has 86 valence electrons. The van der Waals surface area contributed by atoms with E-state index in [-0.39, 0.29) is 10.6 Å². The molecular formula is C11H8N2O2S2. The topological polar surface area (TPSA) is 70.8 Å². The fourth-order valence-electron chi connectivity index (χ4n) is 1.39. The third kappa shape index (κ3) is 2.20. The molecule has 0 fully saturated rings. The Morgan fingerprint density at radius 2 is 2.00 bits per heavy atom. The maximum absolute atomic E-state index is 12.2. The SMILES string of the molecule is N#CC(c1cscn1)S(=O)(=O)c1ccccc1. The highest BCUT2D eigenvalue weighted by Gasteiger charge is 2.30. The van der Waals surface area contributed by atoms with Crippen molar-refractivity contribution in [1.29, 1.82) is 5.26 Å². The summed E-state index contributed by atoms with van der Waals surface area (Å²) in [5.74, 6) is 0. The van der Waals surface area contributed by atoms with Crippen LogP contribution in [0.2, 0.25) is 0 Å². The van der Waals surface area contributed by atoms with Crippen molar-refractivity contribution in [2.75, 3.05) is 0 Å². The second kappa shape index (κ2) is 4.65. The summed E-state index contributed by atoms with van der Waals surface area (Å²) in [6.07, 6.45) is 0. The van der Waals surface area contributed by atoms with Crippen LogP contribution in [0.4, 0.5) is 0 Å². The number of rotatable bonds is 3. The zero-order valence-electron chi connectivity index (χ0n) is 8.65. The summed E-state index contributed by atoms with van der Waals surface area (Å²) >= 11 is 1.27. The number of sulfone groups is 1. The van der Waals surface area contributed by atoms with Crippen LogP contribution in [0.5, 0.6) is 0 Å². The van der Waals surface area contributed by atoms with Crippen LogP contribution < -0.4 is 0 Å². The Morgan fingerprint density at radius 3 is 2.53 bits per heavy atom. The highest BCUT2D eigenvalue weighted by atomic mass is 32.2. The minimum atomic E-state index is -3.69. The van der Waals surface area contributed by atoms with Gasteiger partial charge in [-0.3, -0.25) is 0 Å². The maximum Gasteiger partial charge on any atom is 0.200 e. The molecule has 0 spiro atoms. The van der Waals surface area contributed by atoms with E-state index in [9.17, 15) is 8.42 Å². The molecule has 0 saturated carbocycles. The lowest BCUT2D eigenvalue weighted by Gasteiger charge is -2.08. The van der Waals surface area contributed by atoms with Crippen LogP contribution >= 0.6 is 11.3 Å². The molecule has 0 saturated heterocycles. The number of aromatic nitrogens is 1. The van der Waals surface area contributed by atoms with Crippen molar-refractivity contribution < 1.29 is 8.42 Å². The number of hydrogen-bond donors (Lipinski definition) is 0. The zero-order valence-corrected chi connectivity index (χ0v) is 10.3. The van der Waals surface area contributed by atoms with Crippen molar-refractivity contribution in [2.24, 2.45) is 0 Å². The molecule has 1 unspecified atom stereocenters. The molecule has 6 heteroatoms. The van der Waals surface area contributed by atoms with Crippen molar-refractivity contribution >= 4 is 21.2 Å². The highest BCUT2D eigenvalue weighted by molar-refractivity contribution is 7.92. The van der Waals surface area contributed by atoms with E-state index in [2.05, 4.69) is 4.98 Å². The van der Waals surface area contributed by atoms with Gasteiger partial charge in [-0.1, -0.05) is 18.2 Å². The third-order valence-corrected chi connectivity index (χ3v) is 4.72. The summed E-state index contributed by atoms with van der Waals surface area (Å²) in [6.45, 7) is 0. The molecule has 2 aromatic rings. The normalized spacial score (nSPS) is 12.9. The highest BCUT2D eigenvalue weighted by Crippen LogP contribution is 2.27. The van der Waals surface area contributed by atoms with Crippen LogP contribution in [0.1, 0.15) is 10.9 Å². The average molecular weight is 264 g/mol. The fraction of sp³-hybridized carbons (Fsp3) is 0.0909. The van der Waals surface area contributed by atoms with E-state index in [1.807, 2.05) is 0 Å². The molecule has 0 radical (unpaired) electrons. The molecule has 1 aromatic heterocycles. The van der Waals surface area contributed by atoms with Crippen LogP contribution in [-0.2, 0) is 9.84 Å². The Bertz CT molecular complexity index is 628. The largest absolute Gasteiger partial charge is 0.247 e. The molecule has 2 rings (SSSR count). The molecule has 17 heavy (non-hydrogen) atoms. The summed E-state index contributed by atoms with van der Waals surface area (Å²) in [6, 6.07) is 9.74. The van der Waals surface area contributed by atoms with Crippen molar-refractivity contribution in [2.45, 2.75) is 10.1 Å². The number of benzene rings is 1. The van der Waals surface area contributed by atoms with Crippen LogP contribution in [0.15, 0.2) is 46.1 Å². The smallest absolute Gasteiger partial charge is 0.200 e. The Kier molecular flexibility index (Phi) is 3.22. The molecule has 0 amide bonds. The monoisotopic (exact) mass is 264 g/mol. The minimum Gasteiger partial charge on any atom is -0.247 e. The van der Waals surface area contributed by atoms with Crippen LogP contribution in [0, 0.1) is 11.3 Å². The van der Waals surface area contributed by atoms with Gasteiger partial charge in [0.05, 0.1) is 22.2 Å². The first kappa shape index (κ1) is 11.8. The van der Waals surface area contributed by atoms with E-state index >= 15 is 0 Å². The van der Waals surface area contributed by atoms with Gasteiger partial charge >= 0.3 is 0 Å². The van der Waals surface area contributed by atoms with Crippen LogP contribution in [0.3, 0.4) is 0 Å². The third-order valence-electron chi connectivity index (χ3n) is 2.22. The van der Waals surface area contributed by atoms with E-state index in [4.69, 9.17) is 5.26 Å². The van der Waals surface area contributed by atoms with Gasteiger partial charge in [0.2, 0.25) is 0 Å². The maximum atomic E-state index is 12.2. The Labute approximate surface area is 103 Å². The van der Waals surface area contributed by atoms with E-state index in [0.717, 1.165) is 0 Å². The van der Waals surface area contributed by atoms with Gasteiger partial charge in [-0.05, 0) is 12.1 Å². The molecule has 1 aromatic carbocycles. The second-order valence-electron chi connectivity index (χ2n) is 3.28. The van der Waals surface area contributed by atoms with Gasteiger partial charge in [-0.2, -0.15) is 5.26 Å². The molecule has 0 N–H and O–H groups in total.